The Kier molecular flexibility index (Phi) is 3.96. The normalized spacial score (nSPS) is 14.2. The maximum Gasteiger partial charge on any atom is 0.133 e. The van der Waals surface area contributed by atoms with Gasteiger partial charge in [-0.25, -0.2) is 8.78 Å². The smallest absolute Gasteiger partial charge is 0.133 e. The molecule has 2 atom stereocenters. The zero-order valence-corrected chi connectivity index (χ0v) is 11.0. The van der Waals surface area contributed by atoms with Gasteiger partial charge in [-0.1, -0.05) is 43.3 Å². The van der Waals surface area contributed by atoms with Gasteiger partial charge in [0.05, 0.1) is 0 Å². The molecule has 2 aromatic carbocycles. The van der Waals surface area contributed by atoms with Crippen LogP contribution in [0.4, 0.5) is 8.78 Å². The lowest BCUT2D eigenvalue weighted by Crippen LogP contribution is -2.21. The lowest BCUT2D eigenvalue weighted by atomic mass is 9.88. The molecule has 0 aliphatic rings. The van der Waals surface area contributed by atoms with Gasteiger partial charge in [0.15, 0.2) is 0 Å². The van der Waals surface area contributed by atoms with Gasteiger partial charge in [-0.05, 0) is 24.1 Å². The fraction of sp³-hybridized carbons (Fsp3) is 0.250. The fourth-order valence-corrected chi connectivity index (χ4v) is 2.20. The van der Waals surface area contributed by atoms with E-state index < -0.39 is 17.7 Å². The molecule has 2 N–H and O–H groups in total. The van der Waals surface area contributed by atoms with Crippen LogP contribution in [-0.4, -0.2) is 0 Å². The van der Waals surface area contributed by atoms with Crippen molar-refractivity contribution in [2.75, 3.05) is 0 Å². The summed E-state index contributed by atoms with van der Waals surface area (Å²) >= 11 is 0. The van der Waals surface area contributed by atoms with Crippen molar-refractivity contribution < 1.29 is 8.78 Å². The monoisotopic (exact) mass is 261 g/mol. The third-order valence-electron chi connectivity index (χ3n) is 3.52. The molecule has 0 heterocycles. The van der Waals surface area contributed by atoms with Crippen LogP contribution in [0.25, 0.3) is 0 Å². The Balaban J connectivity index is 2.40. The summed E-state index contributed by atoms with van der Waals surface area (Å²) in [7, 11) is 0. The molecule has 0 fully saturated rings. The van der Waals surface area contributed by atoms with Gasteiger partial charge in [0.2, 0.25) is 0 Å². The molecule has 1 nitrogen and oxygen atoms in total. The Morgan fingerprint density at radius 1 is 1.00 bits per heavy atom. The van der Waals surface area contributed by atoms with Crippen LogP contribution < -0.4 is 5.73 Å². The Labute approximate surface area is 112 Å². The third kappa shape index (κ3) is 2.66. The van der Waals surface area contributed by atoms with E-state index in [1.165, 1.54) is 12.1 Å². The van der Waals surface area contributed by atoms with Crippen LogP contribution in [0, 0.1) is 18.6 Å². The van der Waals surface area contributed by atoms with Crippen LogP contribution in [-0.2, 0) is 0 Å². The lowest BCUT2D eigenvalue weighted by molar-refractivity contribution is 0.491. The van der Waals surface area contributed by atoms with E-state index in [0.29, 0.717) is 5.56 Å². The number of aryl methyl sites for hydroxylation is 1. The molecule has 0 saturated heterocycles. The molecule has 2 unspecified atom stereocenters. The Hall–Kier alpha value is -1.74. The van der Waals surface area contributed by atoms with Crippen LogP contribution in [0.15, 0.2) is 42.5 Å². The predicted molar refractivity (Wildman–Crippen MR) is 72.9 cm³/mol. The fourth-order valence-electron chi connectivity index (χ4n) is 2.20. The highest BCUT2D eigenvalue weighted by atomic mass is 19.1. The first-order chi connectivity index (χ1) is 9.02. The molecule has 0 saturated carbocycles. The highest BCUT2D eigenvalue weighted by molar-refractivity contribution is 5.32. The van der Waals surface area contributed by atoms with Gasteiger partial charge < -0.3 is 5.73 Å². The highest BCUT2D eigenvalue weighted by Crippen LogP contribution is 2.32. The molecule has 19 heavy (non-hydrogen) atoms. The second kappa shape index (κ2) is 5.49. The summed E-state index contributed by atoms with van der Waals surface area (Å²) < 4.78 is 27.9. The summed E-state index contributed by atoms with van der Waals surface area (Å²) in [4.78, 5) is 0. The molecule has 100 valence electrons. The highest BCUT2D eigenvalue weighted by Gasteiger charge is 2.24. The lowest BCUT2D eigenvalue weighted by Gasteiger charge is -2.22. The molecule has 0 radical (unpaired) electrons. The summed E-state index contributed by atoms with van der Waals surface area (Å²) in [6, 6.07) is 11.5. The van der Waals surface area contributed by atoms with Gasteiger partial charge in [0.25, 0.3) is 0 Å². The van der Waals surface area contributed by atoms with Crippen molar-refractivity contribution in [3.63, 3.8) is 0 Å². The third-order valence-corrected chi connectivity index (χ3v) is 3.52. The molecule has 0 amide bonds. The summed E-state index contributed by atoms with van der Waals surface area (Å²) in [5.74, 6) is -1.29. The SMILES string of the molecule is Cc1ccc(F)c(C(N)C(C)c2ccccc2)c1F. The summed E-state index contributed by atoms with van der Waals surface area (Å²) in [5, 5.41) is 0. The zero-order chi connectivity index (χ0) is 14.0. The Morgan fingerprint density at radius 2 is 1.63 bits per heavy atom. The molecular formula is C16H17F2N. The number of halogens is 2. The van der Waals surface area contributed by atoms with E-state index in [1.54, 1.807) is 6.92 Å². The van der Waals surface area contributed by atoms with Crippen LogP contribution in [0.5, 0.6) is 0 Å². The van der Waals surface area contributed by atoms with Crippen LogP contribution in [0.3, 0.4) is 0 Å². The van der Waals surface area contributed by atoms with Gasteiger partial charge in [0.1, 0.15) is 11.6 Å². The number of hydrogen-bond acceptors (Lipinski definition) is 1. The second-order valence-corrected chi connectivity index (χ2v) is 4.82. The van der Waals surface area contributed by atoms with Crippen molar-refractivity contribution in [2.24, 2.45) is 5.73 Å². The van der Waals surface area contributed by atoms with Crippen LogP contribution in [0.1, 0.15) is 35.6 Å². The van der Waals surface area contributed by atoms with Crippen LogP contribution in [0.2, 0.25) is 0 Å². The molecular weight excluding hydrogens is 244 g/mol. The molecule has 0 aliphatic carbocycles. The maximum atomic E-state index is 14.1. The largest absolute Gasteiger partial charge is 0.323 e. The predicted octanol–water partition coefficient (Wildman–Crippen LogP) is 4.08. The molecule has 0 spiro atoms. The van der Waals surface area contributed by atoms with Gasteiger partial charge in [-0.2, -0.15) is 0 Å². The summed E-state index contributed by atoms with van der Waals surface area (Å²) in [6.45, 7) is 3.49. The van der Waals surface area contributed by atoms with Crippen molar-refractivity contribution in [2.45, 2.75) is 25.8 Å². The van der Waals surface area contributed by atoms with E-state index in [9.17, 15) is 8.78 Å². The molecule has 2 aromatic rings. The number of rotatable bonds is 3. The van der Waals surface area contributed by atoms with E-state index in [4.69, 9.17) is 5.73 Å². The van der Waals surface area contributed by atoms with Gasteiger partial charge >= 0.3 is 0 Å². The van der Waals surface area contributed by atoms with Crippen molar-refractivity contribution in [3.05, 3.63) is 70.8 Å². The van der Waals surface area contributed by atoms with E-state index in [1.807, 2.05) is 37.3 Å². The Morgan fingerprint density at radius 3 is 2.26 bits per heavy atom. The minimum atomic E-state index is -0.706. The molecule has 0 bridgehead atoms. The van der Waals surface area contributed by atoms with Crippen LogP contribution >= 0.6 is 0 Å². The minimum absolute atomic E-state index is 0.0312. The summed E-state index contributed by atoms with van der Waals surface area (Å²) in [5.41, 5.74) is 7.41. The number of benzene rings is 2. The van der Waals surface area contributed by atoms with E-state index in [-0.39, 0.29) is 11.5 Å². The quantitative estimate of drug-likeness (QED) is 0.885. The molecule has 2 rings (SSSR count). The zero-order valence-electron chi connectivity index (χ0n) is 11.0. The van der Waals surface area contributed by atoms with Crippen molar-refractivity contribution >= 4 is 0 Å². The van der Waals surface area contributed by atoms with Crippen molar-refractivity contribution in [3.8, 4) is 0 Å². The standard InChI is InChI=1S/C16H17F2N/c1-10-8-9-13(17)14(15(10)18)16(19)11(2)12-6-4-3-5-7-12/h3-9,11,16H,19H2,1-2H3. The van der Waals surface area contributed by atoms with E-state index >= 15 is 0 Å². The average molecular weight is 261 g/mol. The van der Waals surface area contributed by atoms with Gasteiger partial charge in [-0.15, -0.1) is 0 Å². The van der Waals surface area contributed by atoms with E-state index in [2.05, 4.69) is 0 Å². The first-order valence-electron chi connectivity index (χ1n) is 6.27. The van der Waals surface area contributed by atoms with Crippen molar-refractivity contribution in [1.82, 2.24) is 0 Å². The molecule has 0 aromatic heterocycles. The average Bonchev–Trinajstić information content (AvgIpc) is 2.43. The second-order valence-electron chi connectivity index (χ2n) is 4.82. The van der Waals surface area contributed by atoms with Gasteiger partial charge in [-0.3, -0.25) is 0 Å². The summed E-state index contributed by atoms with van der Waals surface area (Å²) in [6.07, 6.45) is 0. The van der Waals surface area contributed by atoms with Crippen molar-refractivity contribution in [1.29, 1.82) is 0 Å². The maximum absolute atomic E-state index is 14.1. The first-order valence-corrected chi connectivity index (χ1v) is 6.27. The number of hydrogen-bond donors (Lipinski definition) is 1. The minimum Gasteiger partial charge on any atom is -0.323 e. The topological polar surface area (TPSA) is 26.0 Å². The molecule has 0 aliphatic heterocycles. The first kappa shape index (κ1) is 13.7. The molecule has 3 heteroatoms. The number of nitrogens with two attached hydrogens (primary N) is 1. The van der Waals surface area contributed by atoms with E-state index in [0.717, 1.165) is 5.56 Å². The Bertz CT molecular complexity index is 566. The van der Waals surface area contributed by atoms with Gasteiger partial charge in [0, 0.05) is 17.5 Å².